The summed E-state index contributed by atoms with van der Waals surface area (Å²) in [5.74, 6) is 0.00379. The van der Waals surface area contributed by atoms with Gasteiger partial charge in [-0.1, -0.05) is 13.8 Å². The van der Waals surface area contributed by atoms with E-state index in [0.29, 0.717) is 110 Å². The minimum absolute atomic E-state index is 0.00472. The van der Waals surface area contributed by atoms with Crippen LogP contribution in [0.4, 0.5) is 17.1 Å². The van der Waals surface area contributed by atoms with Gasteiger partial charge in [-0.05, 0) is 126 Å². The number of hydrogen-bond acceptors (Lipinski definition) is 18. The second-order valence-electron chi connectivity index (χ2n) is 26.9. The molecule has 6 aromatic heterocycles. The lowest BCUT2D eigenvalue weighted by Crippen LogP contribution is -2.41. The highest BCUT2D eigenvalue weighted by atomic mass is 16.5. The number of pyridine rings is 3. The van der Waals surface area contributed by atoms with E-state index in [4.69, 9.17) is 35.1 Å². The Balaban J connectivity index is 0.000000151. The number of anilines is 3. The van der Waals surface area contributed by atoms with Crippen molar-refractivity contribution in [1.29, 1.82) is 15.8 Å². The van der Waals surface area contributed by atoms with Crippen LogP contribution in [0.25, 0.3) is 32.7 Å². The highest BCUT2D eigenvalue weighted by molar-refractivity contribution is 6.06. The van der Waals surface area contributed by atoms with Crippen molar-refractivity contribution >= 4 is 67.5 Å². The van der Waals surface area contributed by atoms with Crippen LogP contribution in [-0.2, 0) is 0 Å². The number of nitriles is 3. The van der Waals surface area contributed by atoms with Crippen molar-refractivity contribution in [2.75, 3.05) is 37.3 Å². The number of hydrogen-bond donors (Lipinski definition) is 6. The molecule has 4 saturated carbocycles. The largest absolute Gasteiger partial charge is 0.618 e. The van der Waals surface area contributed by atoms with E-state index >= 15 is 0 Å². The number of ether oxygens (including phenoxy) is 3. The Hall–Kier alpha value is -10.9. The number of carbonyl (C=O) groups excluding carboxylic acids is 3. The quantitative estimate of drug-likeness (QED) is 0.0364. The number of aliphatic hydroxyl groups is 3. The van der Waals surface area contributed by atoms with Crippen LogP contribution in [0.3, 0.4) is 0 Å². The summed E-state index contributed by atoms with van der Waals surface area (Å²) in [6.07, 6.45) is 15.8. The molecule has 0 bridgehead atoms. The second kappa shape index (κ2) is 29.7. The maximum atomic E-state index is 12.9. The fourth-order valence-corrected chi connectivity index (χ4v) is 13.6. The first-order valence-corrected chi connectivity index (χ1v) is 33.6. The molecule has 100 heavy (non-hydrogen) atoms. The predicted octanol–water partition coefficient (Wildman–Crippen LogP) is 10.4. The standard InChI is InChI=1S/C25H27N5O4.C25H29N5O4.C23H25N5O4/c1-34-23-14-19-17(15-29(28-19)18-7-9-25(32,10-8-18)11-12-26)13-20(23)27-24(31)22-4-2-3-21(30(22)33)16-5-6-16;1-16(2)21-5-4-6-22(30(21)33)24(31)27-20-13-17-15-29(28-19(17)14-23(20)34-3)18-7-9-25(32,10-8-18)11-12-26;1-15-4-3-5-20(28(15)31)22(29)25-19-12-16-14-27(26-18(16)13-21(19)32-2)17-6-8-23(30,9-7-17)10-11-24/h2-4,13-16,18,32H,5-11H2,1H3,(H,27,31);4-6,13-16,18,32H,7-11H2,1-3H3,(H,27,31);3-5,12-14,17,30H,6-10H2,1-2H3,(H,25,29). The number of nitrogens with one attached hydrogen (secondary N) is 3. The first-order chi connectivity index (χ1) is 48.0. The molecule has 6 N–H and O–H groups in total. The highest BCUT2D eigenvalue weighted by Crippen LogP contribution is 2.43. The summed E-state index contributed by atoms with van der Waals surface area (Å²) in [4.78, 5) is 38.6. The number of aromatic nitrogens is 9. The number of fused-ring (bicyclic) bond motifs is 3. The minimum Gasteiger partial charge on any atom is -0.618 e. The molecule has 6 heterocycles. The Labute approximate surface area is 577 Å². The Morgan fingerprint density at radius 3 is 1.18 bits per heavy atom. The molecule has 520 valence electrons. The minimum atomic E-state index is -0.913. The van der Waals surface area contributed by atoms with Crippen molar-refractivity contribution < 1.29 is 58.1 Å². The summed E-state index contributed by atoms with van der Waals surface area (Å²) < 4.78 is 24.1. The summed E-state index contributed by atoms with van der Waals surface area (Å²) >= 11 is 0. The third-order valence-electron chi connectivity index (χ3n) is 19.6. The van der Waals surface area contributed by atoms with Gasteiger partial charge >= 0.3 is 17.7 Å². The molecule has 0 radical (unpaired) electrons. The molecular formula is C73H81N15O12. The fraction of sp³-hybridized carbons (Fsp3) is 0.425. The molecule has 4 fully saturated rings. The fourth-order valence-electron chi connectivity index (χ4n) is 13.6. The Bertz CT molecular complexity index is 4480. The van der Waals surface area contributed by atoms with Crippen molar-refractivity contribution in [2.45, 2.75) is 177 Å². The topological polar surface area (TPSA) is 381 Å². The van der Waals surface area contributed by atoms with Gasteiger partial charge in [0.15, 0.2) is 17.1 Å². The SMILES string of the molecule is COc1cc2nn(C3CCC(O)(CC#N)CC3)cc2cc1NC(=O)c1cccc(C(C)C)[n+]1[O-].COc1cc2nn(C3CCC(O)(CC#N)CC3)cc2cc1NC(=O)c1cccc(C)[n+]1[O-].COc1cc2nn(C3CCC(O)(CC#N)CC3)cc2cc1NC(=O)c1cccc(C2CC2)[n+]1[O-]. The number of rotatable bonds is 17. The lowest BCUT2D eigenvalue weighted by atomic mass is 9.80. The van der Waals surface area contributed by atoms with Crippen LogP contribution in [0, 0.1) is 56.5 Å². The summed E-state index contributed by atoms with van der Waals surface area (Å²) in [5.41, 5.74) is 2.40. The molecule has 0 saturated heterocycles. The van der Waals surface area contributed by atoms with E-state index in [2.05, 4.69) is 44.4 Å². The van der Waals surface area contributed by atoms with Crippen molar-refractivity contribution in [3.8, 4) is 35.5 Å². The van der Waals surface area contributed by atoms with Gasteiger partial charge in [-0.25, -0.2) is 0 Å². The number of carbonyl (C=O) groups is 3. The molecule has 0 aliphatic heterocycles. The van der Waals surface area contributed by atoms with Gasteiger partial charge in [0.2, 0.25) is 0 Å². The molecule has 0 atom stereocenters. The summed E-state index contributed by atoms with van der Waals surface area (Å²) in [5, 5.41) is 121. The van der Waals surface area contributed by atoms with E-state index in [-0.39, 0.29) is 66.3 Å². The van der Waals surface area contributed by atoms with Crippen molar-refractivity contribution in [1.82, 2.24) is 29.3 Å². The molecule has 3 aromatic carbocycles. The van der Waals surface area contributed by atoms with Crippen LogP contribution in [0.2, 0.25) is 0 Å². The number of benzene rings is 3. The smallest absolute Gasteiger partial charge is 0.321 e. The van der Waals surface area contributed by atoms with Gasteiger partial charge in [-0.2, -0.15) is 45.3 Å². The van der Waals surface area contributed by atoms with Gasteiger partial charge < -0.3 is 61.1 Å². The lowest BCUT2D eigenvalue weighted by molar-refractivity contribution is -0.617. The first-order valence-electron chi connectivity index (χ1n) is 33.6. The average Bonchev–Trinajstić information content (AvgIpc) is 1.61. The van der Waals surface area contributed by atoms with E-state index < -0.39 is 34.5 Å². The molecule has 9 aromatic rings. The predicted molar refractivity (Wildman–Crippen MR) is 368 cm³/mol. The molecule has 3 amide bonds. The van der Waals surface area contributed by atoms with Gasteiger partial charge in [0.1, 0.15) is 17.2 Å². The van der Waals surface area contributed by atoms with Crippen molar-refractivity contribution in [3.05, 3.63) is 159 Å². The van der Waals surface area contributed by atoms with Gasteiger partial charge in [0.25, 0.3) is 17.1 Å². The molecule has 4 aliphatic carbocycles. The van der Waals surface area contributed by atoms with Gasteiger partial charge in [0, 0.05) is 108 Å². The van der Waals surface area contributed by atoms with Gasteiger partial charge in [0.05, 0.1) is 127 Å². The second-order valence-corrected chi connectivity index (χ2v) is 26.9. The summed E-state index contributed by atoms with van der Waals surface area (Å²) in [6.45, 7) is 5.43. The Morgan fingerprint density at radius 1 is 0.520 bits per heavy atom. The van der Waals surface area contributed by atoms with Crippen molar-refractivity contribution in [2.24, 2.45) is 0 Å². The molecule has 4 aliphatic rings. The molecule has 0 unspecified atom stereocenters. The molecule has 27 nitrogen and oxygen atoms in total. The maximum absolute atomic E-state index is 12.9. The number of amides is 3. The van der Waals surface area contributed by atoms with Crippen LogP contribution < -0.4 is 44.4 Å². The van der Waals surface area contributed by atoms with E-state index in [9.17, 15) is 45.3 Å². The number of aryl methyl sites for hydroxylation is 1. The van der Waals surface area contributed by atoms with Crippen LogP contribution >= 0.6 is 0 Å². The van der Waals surface area contributed by atoms with E-state index in [0.717, 1.165) is 77.8 Å². The van der Waals surface area contributed by atoms with Gasteiger partial charge in [-0.3, -0.25) is 28.4 Å². The number of nitrogens with zero attached hydrogens (tertiary/aromatic N) is 12. The summed E-state index contributed by atoms with van der Waals surface area (Å²) in [6, 6.07) is 31.9. The molecule has 0 spiro atoms. The zero-order valence-corrected chi connectivity index (χ0v) is 56.7. The van der Waals surface area contributed by atoms with Crippen LogP contribution in [0.15, 0.2) is 110 Å². The first kappa shape index (κ1) is 70.4. The Morgan fingerprint density at radius 2 is 0.850 bits per heavy atom. The Kier molecular flexibility index (Phi) is 20.9. The molecule has 27 heteroatoms. The van der Waals surface area contributed by atoms with Crippen molar-refractivity contribution in [3.63, 3.8) is 0 Å². The monoisotopic (exact) mass is 1360 g/mol. The molecule has 13 rings (SSSR count). The van der Waals surface area contributed by atoms with Crippen LogP contribution in [-0.4, -0.2) is 101 Å². The van der Waals surface area contributed by atoms with E-state index in [1.165, 1.54) is 39.5 Å². The zero-order chi connectivity index (χ0) is 71.2. The maximum Gasteiger partial charge on any atom is 0.321 e. The lowest BCUT2D eigenvalue weighted by Gasteiger charge is -2.34. The normalized spacial score (nSPS) is 21.1. The third kappa shape index (κ3) is 15.5. The molecular weight excluding hydrogens is 1280 g/mol. The van der Waals surface area contributed by atoms with Crippen LogP contribution in [0.1, 0.15) is 202 Å². The number of methoxy groups -OCH3 is 3. The highest BCUT2D eigenvalue weighted by Gasteiger charge is 2.38. The van der Waals surface area contributed by atoms with Gasteiger partial charge in [-0.15, -0.1) is 0 Å². The van der Waals surface area contributed by atoms with E-state index in [1.54, 1.807) is 79.7 Å². The zero-order valence-electron chi connectivity index (χ0n) is 56.7. The van der Waals surface area contributed by atoms with Crippen LogP contribution in [0.5, 0.6) is 17.2 Å². The summed E-state index contributed by atoms with van der Waals surface area (Å²) in [7, 11) is 4.54. The average molecular weight is 1360 g/mol. The van der Waals surface area contributed by atoms with E-state index in [1.807, 2.05) is 46.5 Å². The third-order valence-corrected chi connectivity index (χ3v) is 19.6.